The second kappa shape index (κ2) is 9.92. The molecule has 1 N–H and O–H groups in total. The number of ether oxygens (including phenoxy) is 4. The molecule has 0 aromatic heterocycles. The molecule has 1 saturated heterocycles. The Bertz CT molecular complexity index is 895. The van der Waals surface area contributed by atoms with E-state index in [0.717, 1.165) is 37.4 Å². The van der Waals surface area contributed by atoms with Crippen LogP contribution in [0.3, 0.4) is 0 Å². The number of hydrogen-bond donors (Lipinski definition) is 1. The molecule has 1 fully saturated rings. The zero-order valence-corrected chi connectivity index (χ0v) is 18.1. The summed E-state index contributed by atoms with van der Waals surface area (Å²) in [5.74, 6) is 2.91. The van der Waals surface area contributed by atoms with Crippen molar-refractivity contribution >= 4 is 11.6 Å². The van der Waals surface area contributed by atoms with Gasteiger partial charge in [-0.25, -0.2) is 0 Å². The number of benzene rings is 2. The Morgan fingerprint density at radius 3 is 2.55 bits per heavy atom. The number of rotatable bonds is 7. The van der Waals surface area contributed by atoms with Crippen LogP contribution in [0.2, 0.25) is 0 Å². The minimum Gasteiger partial charge on any atom is -0.490 e. The summed E-state index contributed by atoms with van der Waals surface area (Å²) in [7, 11) is 0. The van der Waals surface area contributed by atoms with E-state index in [4.69, 9.17) is 18.9 Å². The van der Waals surface area contributed by atoms with Gasteiger partial charge in [-0.3, -0.25) is 9.69 Å². The number of fused-ring (bicyclic) bond motifs is 1. The number of nitrogens with one attached hydrogen (secondary N) is 1. The minimum atomic E-state index is -0.232. The SMILES string of the molecule is CCOc1ccccc1OC1CCN(C(C)C(=O)Nc2ccc3c(c2)OCCO3)CC1. The lowest BCUT2D eigenvalue weighted by molar-refractivity contribution is -0.121. The van der Waals surface area contributed by atoms with Crippen molar-refractivity contribution in [3.05, 3.63) is 42.5 Å². The molecule has 7 heteroatoms. The van der Waals surface area contributed by atoms with Gasteiger partial charge in [0.1, 0.15) is 19.3 Å². The Labute approximate surface area is 183 Å². The van der Waals surface area contributed by atoms with Crippen molar-refractivity contribution in [3.63, 3.8) is 0 Å². The lowest BCUT2D eigenvalue weighted by Gasteiger charge is -2.35. The van der Waals surface area contributed by atoms with E-state index in [-0.39, 0.29) is 18.1 Å². The molecule has 1 amide bonds. The Morgan fingerprint density at radius 2 is 1.81 bits per heavy atom. The van der Waals surface area contributed by atoms with Crippen LogP contribution in [0.4, 0.5) is 5.69 Å². The molecule has 2 heterocycles. The number of carbonyl (C=O) groups is 1. The van der Waals surface area contributed by atoms with Crippen LogP contribution in [0.25, 0.3) is 0 Å². The highest BCUT2D eigenvalue weighted by Gasteiger charge is 2.28. The lowest BCUT2D eigenvalue weighted by atomic mass is 10.1. The third-order valence-electron chi connectivity index (χ3n) is 5.66. The van der Waals surface area contributed by atoms with Gasteiger partial charge in [-0.2, -0.15) is 0 Å². The van der Waals surface area contributed by atoms with Gasteiger partial charge in [-0.05, 0) is 51.0 Å². The second-order valence-corrected chi connectivity index (χ2v) is 7.76. The quantitative estimate of drug-likeness (QED) is 0.728. The average molecular weight is 427 g/mol. The smallest absolute Gasteiger partial charge is 0.241 e. The van der Waals surface area contributed by atoms with Crippen molar-refractivity contribution in [2.45, 2.75) is 38.8 Å². The zero-order chi connectivity index (χ0) is 21.6. The van der Waals surface area contributed by atoms with Crippen molar-refractivity contribution in [3.8, 4) is 23.0 Å². The van der Waals surface area contributed by atoms with Crippen molar-refractivity contribution in [2.24, 2.45) is 0 Å². The highest BCUT2D eigenvalue weighted by molar-refractivity contribution is 5.94. The number of carbonyl (C=O) groups excluding carboxylic acids is 1. The Kier molecular flexibility index (Phi) is 6.82. The number of likely N-dealkylation sites (tertiary alicyclic amines) is 1. The van der Waals surface area contributed by atoms with E-state index >= 15 is 0 Å². The molecule has 2 aliphatic heterocycles. The van der Waals surface area contributed by atoms with Gasteiger partial charge in [-0.1, -0.05) is 12.1 Å². The molecule has 0 aliphatic carbocycles. The van der Waals surface area contributed by atoms with Gasteiger partial charge in [-0.15, -0.1) is 0 Å². The van der Waals surface area contributed by atoms with E-state index in [1.165, 1.54) is 0 Å². The molecule has 0 radical (unpaired) electrons. The van der Waals surface area contributed by atoms with Gasteiger partial charge >= 0.3 is 0 Å². The molecular weight excluding hydrogens is 396 g/mol. The first-order valence-electron chi connectivity index (χ1n) is 11.0. The van der Waals surface area contributed by atoms with Crippen molar-refractivity contribution < 1.29 is 23.7 Å². The Hall–Kier alpha value is -2.93. The topological polar surface area (TPSA) is 69.3 Å². The Morgan fingerprint density at radius 1 is 1.10 bits per heavy atom. The van der Waals surface area contributed by atoms with Crippen molar-refractivity contribution in [1.29, 1.82) is 0 Å². The maximum absolute atomic E-state index is 12.8. The molecule has 7 nitrogen and oxygen atoms in total. The molecule has 4 rings (SSSR count). The van der Waals surface area contributed by atoms with Gasteiger partial charge in [0, 0.05) is 24.8 Å². The lowest BCUT2D eigenvalue weighted by Crippen LogP contribution is -2.47. The molecule has 1 unspecified atom stereocenters. The monoisotopic (exact) mass is 426 g/mol. The largest absolute Gasteiger partial charge is 0.490 e. The molecule has 2 aliphatic rings. The van der Waals surface area contributed by atoms with E-state index < -0.39 is 0 Å². The van der Waals surface area contributed by atoms with E-state index in [0.29, 0.717) is 37.0 Å². The van der Waals surface area contributed by atoms with E-state index in [2.05, 4.69) is 10.2 Å². The second-order valence-electron chi connectivity index (χ2n) is 7.76. The number of anilines is 1. The van der Waals surface area contributed by atoms with Gasteiger partial charge in [0.25, 0.3) is 0 Å². The third kappa shape index (κ3) is 5.22. The molecule has 2 aromatic carbocycles. The molecular formula is C24H30N2O5. The summed E-state index contributed by atoms with van der Waals surface area (Å²) in [6.45, 7) is 7.19. The fourth-order valence-corrected chi connectivity index (χ4v) is 3.92. The van der Waals surface area contributed by atoms with Crippen molar-refractivity contribution in [2.75, 3.05) is 38.2 Å². The number of nitrogens with zero attached hydrogens (tertiary/aromatic N) is 1. The first kappa shape index (κ1) is 21.3. The highest BCUT2D eigenvalue weighted by atomic mass is 16.6. The van der Waals surface area contributed by atoms with E-state index in [9.17, 15) is 4.79 Å². The first-order valence-corrected chi connectivity index (χ1v) is 11.0. The summed E-state index contributed by atoms with van der Waals surface area (Å²) in [5, 5.41) is 3.00. The van der Waals surface area contributed by atoms with Gasteiger partial charge in [0.05, 0.1) is 12.6 Å². The summed E-state index contributed by atoms with van der Waals surface area (Å²) >= 11 is 0. The zero-order valence-electron chi connectivity index (χ0n) is 18.1. The number of hydrogen-bond acceptors (Lipinski definition) is 6. The maximum Gasteiger partial charge on any atom is 0.241 e. The van der Waals surface area contributed by atoms with Crippen LogP contribution in [0.5, 0.6) is 23.0 Å². The number of piperidine rings is 1. The average Bonchev–Trinajstić information content (AvgIpc) is 2.80. The number of para-hydroxylation sites is 2. The predicted octanol–water partition coefficient (Wildman–Crippen LogP) is 3.73. The molecule has 0 bridgehead atoms. The molecule has 166 valence electrons. The summed E-state index contributed by atoms with van der Waals surface area (Å²) < 4.78 is 23.0. The van der Waals surface area contributed by atoms with Gasteiger partial charge < -0.3 is 24.3 Å². The van der Waals surface area contributed by atoms with Gasteiger partial charge in [0.15, 0.2) is 23.0 Å². The standard InChI is InChI=1S/C24H30N2O5/c1-3-28-20-6-4-5-7-22(20)31-19-10-12-26(13-11-19)17(2)24(27)25-18-8-9-21-23(16-18)30-15-14-29-21/h4-9,16-17,19H,3,10-15H2,1-2H3,(H,25,27). The van der Waals surface area contributed by atoms with Crippen LogP contribution in [0.1, 0.15) is 26.7 Å². The van der Waals surface area contributed by atoms with Crippen LogP contribution < -0.4 is 24.3 Å². The van der Waals surface area contributed by atoms with Crippen LogP contribution >= 0.6 is 0 Å². The van der Waals surface area contributed by atoms with Crippen LogP contribution in [0.15, 0.2) is 42.5 Å². The third-order valence-corrected chi connectivity index (χ3v) is 5.66. The molecule has 2 aromatic rings. The number of amides is 1. The molecule has 31 heavy (non-hydrogen) atoms. The summed E-state index contributed by atoms with van der Waals surface area (Å²) in [6.07, 6.45) is 1.84. The Balaban J connectivity index is 1.29. The molecule has 1 atom stereocenters. The van der Waals surface area contributed by atoms with Crippen molar-refractivity contribution in [1.82, 2.24) is 4.90 Å². The normalized spacial score (nSPS) is 17.6. The van der Waals surface area contributed by atoms with E-state index in [1.54, 1.807) is 0 Å². The molecule has 0 spiro atoms. The van der Waals surface area contributed by atoms with E-state index in [1.807, 2.05) is 56.3 Å². The van der Waals surface area contributed by atoms with Crippen LogP contribution in [-0.2, 0) is 4.79 Å². The fourth-order valence-electron chi connectivity index (χ4n) is 3.92. The van der Waals surface area contributed by atoms with Crippen LogP contribution in [0, 0.1) is 0 Å². The van der Waals surface area contributed by atoms with Gasteiger partial charge in [0.2, 0.25) is 5.91 Å². The summed E-state index contributed by atoms with van der Waals surface area (Å²) in [6, 6.07) is 13.0. The minimum absolute atomic E-state index is 0.0299. The predicted molar refractivity (Wildman–Crippen MR) is 118 cm³/mol. The maximum atomic E-state index is 12.8. The summed E-state index contributed by atoms with van der Waals surface area (Å²) in [4.78, 5) is 15.0. The van der Waals surface area contributed by atoms with Crippen LogP contribution in [-0.4, -0.2) is 55.9 Å². The highest BCUT2D eigenvalue weighted by Crippen LogP contribution is 2.33. The first-order chi connectivity index (χ1) is 15.1. The fraction of sp³-hybridized carbons (Fsp3) is 0.458. The molecule has 0 saturated carbocycles. The summed E-state index contributed by atoms with van der Waals surface area (Å²) in [5.41, 5.74) is 0.715.